The highest BCUT2D eigenvalue weighted by molar-refractivity contribution is 5.75. The summed E-state index contributed by atoms with van der Waals surface area (Å²) in [6.07, 6.45) is 2.00. The van der Waals surface area contributed by atoms with Crippen LogP contribution in [-0.4, -0.2) is 23.8 Å². The van der Waals surface area contributed by atoms with Gasteiger partial charge in [0.2, 0.25) is 0 Å². The van der Waals surface area contributed by atoms with Crippen molar-refractivity contribution < 1.29 is 19.4 Å². The molecule has 1 aliphatic rings. The third-order valence-electron chi connectivity index (χ3n) is 3.57. The summed E-state index contributed by atoms with van der Waals surface area (Å²) in [7, 11) is 0. The fourth-order valence-electron chi connectivity index (χ4n) is 2.58. The molecule has 1 aromatic carbocycles. The van der Waals surface area contributed by atoms with E-state index in [2.05, 4.69) is 0 Å². The number of benzene rings is 1. The third kappa shape index (κ3) is 3.12. The van der Waals surface area contributed by atoms with Crippen LogP contribution >= 0.6 is 0 Å². The second-order valence-electron chi connectivity index (χ2n) is 5.03. The number of carbonyl (C=O) groups excluding carboxylic acids is 1. The Morgan fingerprint density at radius 1 is 1.45 bits per heavy atom. The minimum Gasteiger partial charge on any atom is -0.478 e. The molecule has 0 saturated carbocycles. The zero-order chi connectivity index (χ0) is 14.5. The molecule has 0 radical (unpaired) electrons. The van der Waals surface area contributed by atoms with E-state index in [-0.39, 0.29) is 5.97 Å². The van der Waals surface area contributed by atoms with Gasteiger partial charge < -0.3 is 14.6 Å². The predicted molar refractivity (Wildman–Crippen MR) is 75.7 cm³/mol. The number of hydrogen-bond acceptors (Lipinski definition) is 4. The molecule has 2 unspecified atom stereocenters. The maximum atomic E-state index is 11.9. The van der Waals surface area contributed by atoms with Crippen molar-refractivity contribution in [1.29, 1.82) is 0 Å². The Bertz CT molecular complexity index is 470. The number of fused-ring (bicyclic) bond motifs is 1. The van der Waals surface area contributed by atoms with Gasteiger partial charge in [-0.1, -0.05) is 25.5 Å². The van der Waals surface area contributed by atoms with Crippen LogP contribution in [0, 0.1) is 0 Å². The molecular weight excluding hydrogens is 256 g/mol. The molecule has 20 heavy (non-hydrogen) atoms. The summed E-state index contributed by atoms with van der Waals surface area (Å²) in [5, 5.41) is 9.89. The Hall–Kier alpha value is -1.55. The van der Waals surface area contributed by atoms with E-state index < -0.39 is 12.2 Å². The molecule has 2 rings (SSSR count). The summed E-state index contributed by atoms with van der Waals surface area (Å²) in [5.74, 6) is 0.385. The molecule has 0 saturated heterocycles. The summed E-state index contributed by atoms with van der Waals surface area (Å²) in [4.78, 5) is 11.9. The van der Waals surface area contributed by atoms with E-state index >= 15 is 0 Å². The van der Waals surface area contributed by atoms with Crippen LogP contribution in [0.2, 0.25) is 0 Å². The van der Waals surface area contributed by atoms with E-state index in [0.29, 0.717) is 25.2 Å². The second kappa shape index (κ2) is 6.75. The average molecular weight is 278 g/mol. The third-order valence-corrected chi connectivity index (χ3v) is 3.57. The maximum Gasteiger partial charge on any atom is 0.347 e. The van der Waals surface area contributed by atoms with Crippen molar-refractivity contribution in [3.8, 4) is 5.75 Å². The highest BCUT2D eigenvalue weighted by Crippen LogP contribution is 2.37. The van der Waals surface area contributed by atoms with E-state index in [1.54, 1.807) is 6.92 Å². The smallest absolute Gasteiger partial charge is 0.347 e. The number of aliphatic hydroxyl groups is 1. The van der Waals surface area contributed by atoms with E-state index in [0.717, 1.165) is 24.0 Å². The van der Waals surface area contributed by atoms with Crippen LogP contribution in [-0.2, 0) is 16.0 Å². The van der Waals surface area contributed by atoms with Gasteiger partial charge in [-0.15, -0.1) is 0 Å². The Morgan fingerprint density at radius 3 is 2.95 bits per heavy atom. The van der Waals surface area contributed by atoms with E-state index in [1.807, 2.05) is 25.1 Å². The largest absolute Gasteiger partial charge is 0.478 e. The number of aliphatic hydroxyl groups excluding tert-OH is 1. The maximum absolute atomic E-state index is 11.9. The molecule has 110 valence electrons. The van der Waals surface area contributed by atoms with Gasteiger partial charge in [0.25, 0.3) is 0 Å². The summed E-state index contributed by atoms with van der Waals surface area (Å²) in [6, 6.07) is 5.63. The molecule has 1 aliphatic carbocycles. The molecule has 0 aromatic heterocycles. The summed E-state index contributed by atoms with van der Waals surface area (Å²) >= 11 is 0. The Morgan fingerprint density at radius 2 is 2.25 bits per heavy atom. The van der Waals surface area contributed by atoms with Crippen LogP contribution < -0.4 is 4.74 Å². The first-order valence-electron chi connectivity index (χ1n) is 7.30. The minimum absolute atomic E-state index is 0.314. The van der Waals surface area contributed by atoms with Gasteiger partial charge in [0.15, 0.2) is 6.10 Å². The van der Waals surface area contributed by atoms with Gasteiger partial charge >= 0.3 is 5.97 Å². The van der Waals surface area contributed by atoms with Crippen molar-refractivity contribution in [1.82, 2.24) is 0 Å². The SMILES string of the molecule is CCCC(Oc1cccc2c1CCC2O)C(=O)OCC. The van der Waals surface area contributed by atoms with Crippen LogP contribution in [0.4, 0.5) is 0 Å². The molecule has 0 bridgehead atoms. The molecule has 2 atom stereocenters. The normalized spacial score (nSPS) is 18.4. The number of hydrogen-bond donors (Lipinski definition) is 1. The molecule has 0 amide bonds. The Labute approximate surface area is 119 Å². The number of carbonyl (C=O) groups is 1. The topological polar surface area (TPSA) is 55.8 Å². The summed E-state index contributed by atoms with van der Waals surface area (Å²) < 4.78 is 10.9. The second-order valence-corrected chi connectivity index (χ2v) is 5.03. The lowest BCUT2D eigenvalue weighted by atomic mass is 10.1. The van der Waals surface area contributed by atoms with Crippen molar-refractivity contribution in [2.24, 2.45) is 0 Å². The van der Waals surface area contributed by atoms with Gasteiger partial charge in [-0.25, -0.2) is 4.79 Å². The van der Waals surface area contributed by atoms with E-state index in [1.165, 1.54) is 0 Å². The van der Waals surface area contributed by atoms with Crippen molar-refractivity contribution in [2.75, 3.05) is 6.61 Å². The average Bonchev–Trinajstić information content (AvgIpc) is 2.81. The van der Waals surface area contributed by atoms with Gasteiger partial charge in [0.1, 0.15) is 5.75 Å². The molecule has 0 aliphatic heterocycles. The molecular formula is C16H22O4. The molecule has 0 heterocycles. The number of rotatable bonds is 6. The molecule has 0 fully saturated rings. The number of esters is 1. The highest BCUT2D eigenvalue weighted by atomic mass is 16.6. The molecule has 1 aromatic rings. The quantitative estimate of drug-likeness (QED) is 0.813. The number of ether oxygens (including phenoxy) is 2. The zero-order valence-electron chi connectivity index (χ0n) is 12.1. The van der Waals surface area contributed by atoms with Gasteiger partial charge in [0.05, 0.1) is 12.7 Å². The van der Waals surface area contributed by atoms with Gasteiger partial charge in [-0.2, -0.15) is 0 Å². The lowest BCUT2D eigenvalue weighted by Gasteiger charge is -2.19. The first-order valence-corrected chi connectivity index (χ1v) is 7.30. The highest BCUT2D eigenvalue weighted by Gasteiger charge is 2.27. The Kier molecular flexibility index (Phi) is 5.01. The predicted octanol–water partition coefficient (Wildman–Crippen LogP) is 2.78. The lowest BCUT2D eigenvalue weighted by Crippen LogP contribution is -2.29. The van der Waals surface area contributed by atoms with Crippen LogP contribution in [0.3, 0.4) is 0 Å². The van der Waals surface area contributed by atoms with Gasteiger partial charge in [0, 0.05) is 5.56 Å². The molecule has 4 nitrogen and oxygen atoms in total. The fourth-order valence-corrected chi connectivity index (χ4v) is 2.58. The lowest BCUT2D eigenvalue weighted by molar-refractivity contribution is -0.151. The summed E-state index contributed by atoms with van der Waals surface area (Å²) in [5.41, 5.74) is 1.94. The molecule has 4 heteroatoms. The monoisotopic (exact) mass is 278 g/mol. The van der Waals surface area contributed by atoms with Crippen molar-refractivity contribution >= 4 is 5.97 Å². The Balaban J connectivity index is 2.17. The molecule has 1 N–H and O–H groups in total. The molecule has 0 spiro atoms. The fraction of sp³-hybridized carbons (Fsp3) is 0.562. The van der Waals surface area contributed by atoms with Crippen LogP contribution in [0.25, 0.3) is 0 Å². The van der Waals surface area contributed by atoms with Crippen LogP contribution in [0.5, 0.6) is 5.75 Å². The van der Waals surface area contributed by atoms with Gasteiger partial charge in [-0.05, 0) is 37.8 Å². The first kappa shape index (κ1) is 14.9. The standard InChI is InChI=1S/C16H22O4/c1-3-6-15(16(18)19-4-2)20-14-8-5-7-11-12(14)9-10-13(11)17/h5,7-8,13,15,17H,3-4,6,9-10H2,1-2H3. The van der Waals surface area contributed by atoms with Crippen molar-refractivity contribution in [3.05, 3.63) is 29.3 Å². The minimum atomic E-state index is -0.566. The van der Waals surface area contributed by atoms with Crippen LogP contribution in [0.15, 0.2) is 18.2 Å². The first-order chi connectivity index (χ1) is 9.67. The summed E-state index contributed by atoms with van der Waals surface area (Å²) in [6.45, 7) is 4.15. The van der Waals surface area contributed by atoms with Crippen molar-refractivity contribution in [3.63, 3.8) is 0 Å². The van der Waals surface area contributed by atoms with Crippen molar-refractivity contribution in [2.45, 2.75) is 51.7 Å². The zero-order valence-corrected chi connectivity index (χ0v) is 12.1. The van der Waals surface area contributed by atoms with Crippen LogP contribution in [0.1, 0.15) is 50.3 Å². The van der Waals surface area contributed by atoms with E-state index in [4.69, 9.17) is 9.47 Å². The van der Waals surface area contributed by atoms with Gasteiger partial charge in [-0.3, -0.25) is 0 Å². The van der Waals surface area contributed by atoms with E-state index in [9.17, 15) is 9.90 Å².